The smallest absolute Gasteiger partial charge is 0.315 e. The molecule has 0 aliphatic heterocycles. The van der Waals surface area contributed by atoms with Gasteiger partial charge < -0.3 is 41.4 Å². The minimum Gasteiger partial charge on any atom is -0.481 e. The highest BCUT2D eigenvalue weighted by Crippen LogP contribution is 2.06. The van der Waals surface area contributed by atoms with Gasteiger partial charge in [0.25, 0.3) is 0 Å². The highest BCUT2D eigenvalue weighted by atomic mass is 16.4. The Balaban J connectivity index is 5.59. The average molecular weight is 502 g/mol. The minimum atomic E-state index is -1.55. The number of hydrogen-bond donors (Lipinski definition) is 7. The number of amides is 4. The number of hydrogen-bond acceptors (Lipinski definition) is 8. The Bertz CT molecular complexity index is 827. The van der Waals surface area contributed by atoms with Crippen molar-refractivity contribution in [2.75, 3.05) is 6.54 Å². The van der Waals surface area contributed by atoms with Crippen molar-refractivity contribution >= 4 is 47.8 Å². The van der Waals surface area contributed by atoms with E-state index in [2.05, 4.69) is 21.3 Å². The maximum absolute atomic E-state index is 12.8. The second kappa shape index (κ2) is 15.0. The Morgan fingerprint density at radius 1 is 0.800 bits per heavy atom. The second-order valence-electron chi connectivity index (χ2n) is 7.90. The molecule has 0 aromatic heterocycles. The summed E-state index contributed by atoms with van der Waals surface area (Å²) < 4.78 is 0. The van der Waals surface area contributed by atoms with Crippen molar-refractivity contribution in [3.63, 3.8) is 0 Å². The quantitative estimate of drug-likeness (QED) is 0.0856. The summed E-state index contributed by atoms with van der Waals surface area (Å²) in [7, 11) is 0. The number of carbonyl (C=O) groups excluding carboxylic acids is 5. The molecular weight excluding hydrogens is 472 g/mol. The van der Waals surface area contributed by atoms with Crippen LogP contribution in [0.3, 0.4) is 0 Å². The van der Waals surface area contributed by atoms with E-state index in [1.165, 1.54) is 0 Å². The third-order valence-corrected chi connectivity index (χ3v) is 4.58. The van der Waals surface area contributed by atoms with E-state index in [0.717, 1.165) is 6.92 Å². The Hall–Kier alpha value is -4.04. The molecule has 0 rings (SSSR count). The molecule has 15 nitrogen and oxygen atoms in total. The number of aldehydes is 1. The van der Waals surface area contributed by atoms with Gasteiger partial charge in [-0.25, -0.2) is 0 Å². The first kappa shape index (κ1) is 31.0. The van der Waals surface area contributed by atoms with Crippen LogP contribution in [0.15, 0.2) is 0 Å². The van der Waals surface area contributed by atoms with Crippen molar-refractivity contribution in [2.45, 2.75) is 58.2 Å². The summed E-state index contributed by atoms with van der Waals surface area (Å²) in [6.45, 7) is 3.60. The molecule has 0 aliphatic rings. The third kappa shape index (κ3) is 12.1. The standard InChI is InChI=1S/C20H30N4O11/c1-9(2)16(19(33)21-7-11(8-25)20(34)35)24-17(31)12(4-5-14(27)28)23-18(32)13(6-15(29)30)22-10(3)26/h8-9,11-13,16H,4-7H2,1-3H3,(H,21,33)(H,22,26)(H,23,32)(H,24,31)(H,27,28)(H,29,30)(H,34,35)/t11?,12-,13-,16-/m0/s1. The molecule has 0 saturated carbocycles. The number of carboxylic acid groups (broad SMARTS) is 3. The number of rotatable bonds is 16. The van der Waals surface area contributed by atoms with Crippen LogP contribution in [0.1, 0.15) is 40.0 Å². The summed E-state index contributed by atoms with van der Waals surface area (Å²) in [4.78, 5) is 92.9. The number of nitrogens with one attached hydrogen (secondary N) is 4. The van der Waals surface area contributed by atoms with E-state index in [0.29, 0.717) is 0 Å². The van der Waals surface area contributed by atoms with Gasteiger partial charge in [0.2, 0.25) is 23.6 Å². The van der Waals surface area contributed by atoms with Gasteiger partial charge in [-0.2, -0.15) is 0 Å². The van der Waals surface area contributed by atoms with Gasteiger partial charge in [-0.05, 0) is 12.3 Å². The van der Waals surface area contributed by atoms with E-state index in [9.17, 15) is 38.4 Å². The summed E-state index contributed by atoms with van der Waals surface area (Å²) in [6.07, 6.45) is -1.67. The lowest BCUT2D eigenvalue weighted by atomic mass is 10.0. The summed E-state index contributed by atoms with van der Waals surface area (Å²) in [5.74, 6) is -9.82. The number of carbonyl (C=O) groups is 8. The van der Waals surface area contributed by atoms with Gasteiger partial charge >= 0.3 is 17.9 Å². The third-order valence-electron chi connectivity index (χ3n) is 4.58. The second-order valence-corrected chi connectivity index (χ2v) is 7.90. The van der Waals surface area contributed by atoms with E-state index in [-0.39, 0.29) is 6.29 Å². The topological polar surface area (TPSA) is 245 Å². The predicted octanol–water partition coefficient (Wildman–Crippen LogP) is -2.53. The van der Waals surface area contributed by atoms with Gasteiger partial charge in [0.1, 0.15) is 30.3 Å². The molecule has 1 unspecified atom stereocenters. The molecule has 0 aromatic rings. The van der Waals surface area contributed by atoms with Crippen LogP contribution in [-0.4, -0.2) is 87.8 Å². The van der Waals surface area contributed by atoms with Gasteiger partial charge in [-0.3, -0.25) is 33.6 Å². The lowest BCUT2D eigenvalue weighted by Crippen LogP contribution is -2.58. The normalized spacial score (nSPS) is 13.9. The molecule has 0 saturated heterocycles. The number of aliphatic carboxylic acids is 3. The van der Waals surface area contributed by atoms with Crippen LogP contribution in [0.25, 0.3) is 0 Å². The molecule has 0 spiro atoms. The summed E-state index contributed by atoms with van der Waals surface area (Å²) >= 11 is 0. The molecule has 7 N–H and O–H groups in total. The zero-order chi connectivity index (χ0) is 27.3. The number of carboxylic acids is 3. The summed E-state index contributed by atoms with van der Waals surface area (Å²) in [6, 6.07) is -4.32. The molecule has 4 amide bonds. The van der Waals surface area contributed by atoms with Crippen molar-refractivity contribution in [3.05, 3.63) is 0 Å². The van der Waals surface area contributed by atoms with Gasteiger partial charge in [0.05, 0.1) is 6.42 Å². The van der Waals surface area contributed by atoms with Gasteiger partial charge in [0.15, 0.2) is 0 Å². The summed E-state index contributed by atoms with van der Waals surface area (Å²) in [5, 5.41) is 35.7. The fraction of sp³-hybridized carbons (Fsp3) is 0.600. The van der Waals surface area contributed by atoms with Crippen LogP contribution in [-0.2, 0) is 38.4 Å². The average Bonchev–Trinajstić information content (AvgIpc) is 2.72. The maximum atomic E-state index is 12.8. The molecule has 0 aromatic carbocycles. The fourth-order valence-corrected chi connectivity index (χ4v) is 2.74. The zero-order valence-electron chi connectivity index (χ0n) is 19.4. The largest absolute Gasteiger partial charge is 0.481 e. The molecule has 15 heteroatoms. The Morgan fingerprint density at radius 2 is 1.37 bits per heavy atom. The van der Waals surface area contributed by atoms with Gasteiger partial charge in [-0.1, -0.05) is 13.8 Å². The van der Waals surface area contributed by atoms with Crippen molar-refractivity contribution in [3.8, 4) is 0 Å². The maximum Gasteiger partial charge on any atom is 0.315 e. The highest BCUT2D eigenvalue weighted by Gasteiger charge is 2.32. The van der Waals surface area contributed by atoms with Crippen LogP contribution in [0.4, 0.5) is 0 Å². The molecule has 0 fully saturated rings. The van der Waals surface area contributed by atoms with Crippen molar-refractivity contribution < 1.29 is 53.7 Å². The zero-order valence-corrected chi connectivity index (χ0v) is 19.4. The van der Waals surface area contributed by atoms with Crippen LogP contribution in [0.5, 0.6) is 0 Å². The molecule has 0 aliphatic carbocycles. The Kier molecular flexibility index (Phi) is 13.2. The fourth-order valence-electron chi connectivity index (χ4n) is 2.74. The van der Waals surface area contributed by atoms with Crippen LogP contribution < -0.4 is 21.3 Å². The molecule has 196 valence electrons. The van der Waals surface area contributed by atoms with E-state index in [1.54, 1.807) is 13.8 Å². The molecule has 0 radical (unpaired) electrons. The minimum absolute atomic E-state index is 0.131. The van der Waals surface area contributed by atoms with E-state index >= 15 is 0 Å². The first-order chi connectivity index (χ1) is 16.2. The van der Waals surface area contributed by atoms with E-state index < -0.39 is 97.3 Å². The molecular formula is C20H30N4O11. The van der Waals surface area contributed by atoms with Crippen molar-refractivity contribution in [1.82, 2.24) is 21.3 Å². The Morgan fingerprint density at radius 3 is 1.80 bits per heavy atom. The lowest BCUT2D eigenvalue weighted by Gasteiger charge is -2.26. The van der Waals surface area contributed by atoms with Crippen molar-refractivity contribution in [2.24, 2.45) is 11.8 Å². The van der Waals surface area contributed by atoms with Crippen LogP contribution in [0, 0.1) is 11.8 Å². The highest BCUT2D eigenvalue weighted by molar-refractivity contribution is 5.95. The first-order valence-corrected chi connectivity index (χ1v) is 10.5. The van der Waals surface area contributed by atoms with Crippen LogP contribution >= 0.6 is 0 Å². The van der Waals surface area contributed by atoms with E-state index in [4.69, 9.17) is 15.3 Å². The molecule has 0 bridgehead atoms. The molecule has 0 heterocycles. The van der Waals surface area contributed by atoms with E-state index in [1.807, 2.05) is 0 Å². The van der Waals surface area contributed by atoms with Crippen LogP contribution in [0.2, 0.25) is 0 Å². The molecule has 35 heavy (non-hydrogen) atoms. The first-order valence-electron chi connectivity index (χ1n) is 10.5. The monoisotopic (exact) mass is 502 g/mol. The van der Waals surface area contributed by atoms with Crippen molar-refractivity contribution in [1.29, 1.82) is 0 Å². The molecule has 4 atom stereocenters. The SMILES string of the molecule is CC(=O)N[C@@H](CC(=O)O)C(=O)N[C@@H](CCC(=O)O)C(=O)N[C@H](C(=O)NCC(C=O)C(=O)O)C(C)C. The Labute approximate surface area is 200 Å². The summed E-state index contributed by atoms with van der Waals surface area (Å²) in [5.41, 5.74) is 0. The lowest BCUT2D eigenvalue weighted by molar-refractivity contribution is -0.144. The van der Waals surface area contributed by atoms with Gasteiger partial charge in [-0.15, -0.1) is 0 Å². The predicted molar refractivity (Wildman–Crippen MR) is 116 cm³/mol. The van der Waals surface area contributed by atoms with Gasteiger partial charge in [0, 0.05) is 19.9 Å².